The van der Waals surface area contributed by atoms with Crippen molar-refractivity contribution in [2.75, 3.05) is 26.3 Å². The maximum atomic E-state index is 12.4. The van der Waals surface area contributed by atoms with Crippen LogP contribution in [-0.2, 0) is 9.53 Å². The SMILES string of the molecule is O=C(CNC1CCCC1)N(CC1CCOC1)C1CC1. The molecule has 1 aliphatic heterocycles. The summed E-state index contributed by atoms with van der Waals surface area (Å²) in [5, 5.41) is 3.45. The maximum Gasteiger partial charge on any atom is 0.236 e. The van der Waals surface area contributed by atoms with E-state index in [1.54, 1.807) is 0 Å². The molecule has 3 rings (SSSR count). The van der Waals surface area contributed by atoms with Gasteiger partial charge in [-0.05, 0) is 32.1 Å². The van der Waals surface area contributed by atoms with Gasteiger partial charge in [0.15, 0.2) is 0 Å². The monoisotopic (exact) mass is 266 g/mol. The Balaban J connectivity index is 1.46. The molecule has 2 saturated carbocycles. The van der Waals surface area contributed by atoms with Crippen LogP contribution in [0.1, 0.15) is 44.9 Å². The number of carbonyl (C=O) groups excluding carboxylic acids is 1. The number of rotatable bonds is 6. The molecule has 1 unspecified atom stereocenters. The van der Waals surface area contributed by atoms with Crippen molar-refractivity contribution in [2.24, 2.45) is 5.92 Å². The Kier molecular flexibility index (Phi) is 4.38. The molecule has 1 saturated heterocycles. The lowest BCUT2D eigenvalue weighted by Gasteiger charge is -2.26. The topological polar surface area (TPSA) is 41.6 Å². The van der Waals surface area contributed by atoms with E-state index in [-0.39, 0.29) is 0 Å². The number of hydrogen-bond acceptors (Lipinski definition) is 3. The van der Waals surface area contributed by atoms with Crippen LogP contribution in [0.5, 0.6) is 0 Å². The fourth-order valence-corrected chi connectivity index (χ4v) is 3.31. The van der Waals surface area contributed by atoms with Gasteiger partial charge in [-0.2, -0.15) is 0 Å². The normalized spacial score (nSPS) is 27.9. The molecule has 1 heterocycles. The zero-order chi connectivity index (χ0) is 13.1. The zero-order valence-corrected chi connectivity index (χ0v) is 11.8. The second-order valence-electron chi connectivity index (χ2n) is 6.37. The molecule has 2 aliphatic carbocycles. The number of hydrogen-bond donors (Lipinski definition) is 1. The second kappa shape index (κ2) is 6.23. The molecule has 0 radical (unpaired) electrons. The highest BCUT2D eigenvalue weighted by Crippen LogP contribution is 2.29. The van der Waals surface area contributed by atoms with E-state index in [0.29, 0.717) is 30.5 Å². The summed E-state index contributed by atoms with van der Waals surface area (Å²) in [5.74, 6) is 0.873. The first-order chi connectivity index (χ1) is 9.33. The molecule has 3 aliphatic rings. The van der Waals surface area contributed by atoms with Gasteiger partial charge >= 0.3 is 0 Å². The molecule has 19 heavy (non-hydrogen) atoms. The minimum absolute atomic E-state index is 0.307. The molecule has 4 nitrogen and oxygen atoms in total. The van der Waals surface area contributed by atoms with Gasteiger partial charge in [-0.25, -0.2) is 0 Å². The van der Waals surface area contributed by atoms with Crippen LogP contribution in [-0.4, -0.2) is 49.2 Å². The molecule has 0 bridgehead atoms. The van der Waals surface area contributed by atoms with Crippen LogP contribution in [0.4, 0.5) is 0 Å². The van der Waals surface area contributed by atoms with Crippen LogP contribution in [0.25, 0.3) is 0 Å². The summed E-state index contributed by atoms with van der Waals surface area (Å²) < 4.78 is 5.43. The van der Waals surface area contributed by atoms with Gasteiger partial charge in [0.25, 0.3) is 0 Å². The number of ether oxygens (including phenoxy) is 1. The second-order valence-corrected chi connectivity index (χ2v) is 6.37. The van der Waals surface area contributed by atoms with Gasteiger partial charge < -0.3 is 15.0 Å². The predicted molar refractivity (Wildman–Crippen MR) is 73.9 cm³/mol. The molecule has 4 heteroatoms. The van der Waals surface area contributed by atoms with E-state index in [9.17, 15) is 4.79 Å². The number of nitrogens with one attached hydrogen (secondary N) is 1. The first kappa shape index (κ1) is 13.4. The van der Waals surface area contributed by atoms with E-state index in [4.69, 9.17) is 4.74 Å². The van der Waals surface area contributed by atoms with Crippen LogP contribution in [0.3, 0.4) is 0 Å². The summed E-state index contributed by atoms with van der Waals surface area (Å²) >= 11 is 0. The largest absolute Gasteiger partial charge is 0.381 e. The Bertz CT molecular complexity index is 305. The Hall–Kier alpha value is -0.610. The average molecular weight is 266 g/mol. The van der Waals surface area contributed by atoms with Crippen LogP contribution in [0.15, 0.2) is 0 Å². The van der Waals surface area contributed by atoms with Crippen molar-refractivity contribution in [1.29, 1.82) is 0 Å². The number of nitrogens with zero attached hydrogens (tertiary/aromatic N) is 1. The molecule has 0 aromatic carbocycles. The summed E-state index contributed by atoms with van der Waals surface area (Å²) in [6, 6.07) is 1.11. The van der Waals surface area contributed by atoms with Crippen LogP contribution in [0.2, 0.25) is 0 Å². The van der Waals surface area contributed by atoms with Crippen molar-refractivity contribution in [2.45, 2.75) is 57.0 Å². The highest BCUT2D eigenvalue weighted by atomic mass is 16.5. The van der Waals surface area contributed by atoms with Crippen LogP contribution in [0, 0.1) is 5.92 Å². The fraction of sp³-hybridized carbons (Fsp3) is 0.933. The smallest absolute Gasteiger partial charge is 0.236 e. The van der Waals surface area contributed by atoms with Crippen LogP contribution >= 0.6 is 0 Å². The van der Waals surface area contributed by atoms with Crippen molar-refractivity contribution in [3.63, 3.8) is 0 Å². The van der Waals surface area contributed by atoms with Gasteiger partial charge in [-0.15, -0.1) is 0 Å². The molecule has 108 valence electrons. The molecule has 0 aromatic rings. The minimum atomic E-state index is 0.307. The molecular formula is C15H26N2O2. The average Bonchev–Trinajstić information content (AvgIpc) is 2.94. The predicted octanol–water partition coefficient (Wildman–Crippen LogP) is 1.55. The Morgan fingerprint density at radius 1 is 1.16 bits per heavy atom. The first-order valence-corrected chi connectivity index (χ1v) is 7.93. The molecule has 0 spiro atoms. The Morgan fingerprint density at radius 3 is 2.58 bits per heavy atom. The van der Waals surface area contributed by atoms with Gasteiger partial charge in [0.1, 0.15) is 0 Å². The summed E-state index contributed by atoms with van der Waals surface area (Å²) in [5.41, 5.74) is 0. The molecule has 1 amide bonds. The summed E-state index contributed by atoms with van der Waals surface area (Å²) in [7, 11) is 0. The zero-order valence-electron chi connectivity index (χ0n) is 11.8. The highest BCUT2D eigenvalue weighted by Gasteiger charge is 2.34. The molecular weight excluding hydrogens is 240 g/mol. The molecule has 1 N–H and O–H groups in total. The standard InChI is InChI=1S/C15H26N2O2/c18-15(9-16-13-3-1-2-4-13)17(14-5-6-14)10-12-7-8-19-11-12/h12-14,16H,1-11H2. The van der Waals surface area contributed by atoms with E-state index < -0.39 is 0 Å². The third-order valence-electron chi connectivity index (χ3n) is 4.68. The highest BCUT2D eigenvalue weighted by molar-refractivity contribution is 5.79. The summed E-state index contributed by atoms with van der Waals surface area (Å²) in [6.45, 7) is 3.16. The van der Waals surface area contributed by atoms with Crippen molar-refractivity contribution >= 4 is 5.91 Å². The van der Waals surface area contributed by atoms with E-state index >= 15 is 0 Å². The van der Waals surface area contributed by atoms with Gasteiger partial charge in [-0.3, -0.25) is 4.79 Å². The number of amides is 1. The van der Waals surface area contributed by atoms with Crippen molar-refractivity contribution in [3.05, 3.63) is 0 Å². The van der Waals surface area contributed by atoms with Gasteiger partial charge in [0, 0.05) is 31.2 Å². The molecule has 1 atom stereocenters. The van der Waals surface area contributed by atoms with E-state index in [2.05, 4.69) is 10.2 Å². The molecule has 3 fully saturated rings. The Morgan fingerprint density at radius 2 is 1.95 bits per heavy atom. The lowest BCUT2D eigenvalue weighted by molar-refractivity contribution is -0.131. The quantitative estimate of drug-likeness (QED) is 0.793. The lowest BCUT2D eigenvalue weighted by Crippen LogP contribution is -2.44. The Labute approximate surface area is 115 Å². The third kappa shape index (κ3) is 3.69. The maximum absolute atomic E-state index is 12.4. The lowest BCUT2D eigenvalue weighted by atomic mass is 10.1. The van der Waals surface area contributed by atoms with E-state index in [1.165, 1.54) is 38.5 Å². The van der Waals surface area contributed by atoms with Crippen molar-refractivity contribution in [1.82, 2.24) is 10.2 Å². The van der Waals surface area contributed by atoms with Gasteiger partial charge in [0.2, 0.25) is 5.91 Å². The van der Waals surface area contributed by atoms with Crippen LogP contribution < -0.4 is 5.32 Å². The molecule has 0 aromatic heterocycles. The summed E-state index contributed by atoms with van der Waals surface area (Å²) in [4.78, 5) is 14.5. The summed E-state index contributed by atoms with van der Waals surface area (Å²) in [6.07, 6.45) is 8.63. The fourth-order valence-electron chi connectivity index (χ4n) is 3.31. The van der Waals surface area contributed by atoms with E-state index in [1.807, 2.05) is 0 Å². The first-order valence-electron chi connectivity index (χ1n) is 7.93. The van der Waals surface area contributed by atoms with Gasteiger partial charge in [-0.1, -0.05) is 12.8 Å². The van der Waals surface area contributed by atoms with Crippen molar-refractivity contribution < 1.29 is 9.53 Å². The van der Waals surface area contributed by atoms with Gasteiger partial charge in [0.05, 0.1) is 13.2 Å². The number of carbonyl (C=O) groups is 1. The van der Waals surface area contributed by atoms with Crippen molar-refractivity contribution in [3.8, 4) is 0 Å². The minimum Gasteiger partial charge on any atom is -0.381 e. The third-order valence-corrected chi connectivity index (χ3v) is 4.68. The van der Waals surface area contributed by atoms with E-state index in [0.717, 1.165) is 26.2 Å².